The lowest BCUT2D eigenvalue weighted by molar-refractivity contribution is -0.143. The van der Waals surface area contributed by atoms with Crippen LogP contribution in [0.25, 0.3) is 0 Å². The number of carboxylic acids is 1. The van der Waals surface area contributed by atoms with Crippen LogP contribution in [0.4, 0.5) is 0 Å². The molecule has 0 bridgehead atoms. The van der Waals surface area contributed by atoms with Crippen molar-refractivity contribution >= 4 is 17.6 Å². The quantitative estimate of drug-likeness (QED) is 0.851. The largest absolute Gasteiger partial charge is 0.496 e. The van der Waals surface area contributed by atoms with Crippen LogP contribution in [0.3, 0.4) is 0 Å². The molecule has 1 aromatic carbocycles. The molecule has 2 N–H and O–H groups in total. The van der Waals surface area contributed by atoms with Gasteiger partial charge in [0.2, 0.25) is 0 Å². The number of aliphatic carboxylic acids is 1. The predicted octanol–water partition coefficient (Wildman–Crippen LogP) is 2.42. The van der Waals surface area contributed by atoms with Crippen molar-refractivity contribution in [1.29, 1.82) is 0 Å². The van der Waals surface area contributed by atoms with Gasteiger partial charge in [-0.2, -0.15) is 0 Å². The number of carbonyl (C=O) groups is 1. The Morgan fingerprint density at radius 3 is 2.65 bits per heavy atom. The average Bonchev–Trinajstić information content (AvgIpc) is 2.28. The maximum absolute atomic E-state index is 10.8. The van der Waals surface area contributed by atoms with E-state index in [0.29, 0.717) is 16.3 Å². The van der Waals surface area contributed by atoms with Crippen LogP contribution < -0.4 is 4.74 Å². The van der Waals surface area contributed by atoms with Gasteiger partial charge in [0.1, 0.15) is 11.4 Å². The van der Waals surface area contributed by atoms with Crippen LogP contribution in [0.1, 0.15) is 25.3 Å². The fraction of sp³-hybridized carbons (Fsp3) is 0.417. The number of hydrogen-bond acceptors (Lipinski definition) is 3. The second-order valence-corrected chi connectivity index (χ2v) is 4.24. The summed E-state index contributed by atoms with van der Waals surface area (Å²) in [6, 6.07) is 4.77. The molecule has 4 nitrogen and oxygen atoms in total. The van der Waals surface area contributed by atoms with Gasteiger partial charge in [-0.3, -0.25) is 4.79 Å². The number of aliphatic hydroxyl groups is 1. The van der Waals surface area contributed by atoms with Crippen molar-refractivity contribution in [3.63, 3.8) is 0 Å². The Kier molecular flexibility index (Phi) is 4.37. The molecule has 0 heterocycles. The van der Waals surface area contributed by atoms with Crippen LogP contribution in [0.2, 0.25) is 5.02 Å². The lowest BCUT2D eigenvalue weighted by atomic mass is 9.87. The fourth-order valence-electron chi connectivity index (χ4n) is 1.70. The summed E-state index contributed by atoms with van der Waals surface area (Å²) in [6.45, 7) is 1.71. The second-order valence-electron chi connectivity index (χ2n) is 3.80. The standard InChI is InChI=1S/C12H15ClO4/c1-3-12(16,7-11(14)15)9-6-8(13)4-5-10(9)17-2/h4-6,16H,3,7H2,1-2H3,(H,14,15). The Hall–Kier alpha value is -1.26. The van der Waals surface area contributed by atoms with Crippen molar-refractivity contribution in [1.82, 2.24) is 0 Å². The molecule has 0 spiro atoms. The number of ether oxygens (including phenoxy) is 1. The number of carboxylic acid groups (broad SMARTS) is 1. The van der Waals surface area contributed by atoms with E-state index >= 15 is 0 Å². The Morgan fingerprint density at radius 2 is 2.18 bits per heavy atom. The molecule has 0 saturated carbocycles. The average molecular weight is 259 g/mol. The summed E-state index contributed by atoms with van der Waals surface area (Å²) < 4.78 is 5.12. The van der Waals surface area contributed by atoms with E-state index in [1.807, 2.05) is 0 Å². The molecule has 94 valence electrons. The van der Waals surface area contributed by atoms with E-state index in [1.165, 1.54) is 13.2 Å². The third kappa shape index (κ3) is 3.11. The molecule has 5 heteroatoms. The molecule has 0 amide bonds. The Labute approximate surface area is 105 Å². The molecular formula is C12H15ClO4. The summed E-state index contributed by atoms with van der Waals surface area (Å²) >= 11 is 5.86. The molecule has 0 saturated heterocycles. The zero-order valence-corrected chi connectivity index (χ0v) is 10.5. The number of halogens is 1. The van der Waals surface area contributed by atoms with Crippen LogP contribution in [0.15, 0.2) is 18.2 Å². The van der Waals surface area contributed by atoms with E-state index in [9.17, 15) is 9.90 Å². The summed E-state index contributed by atoms with van der Waals surface area (Å²) in [5.74, 6) is -0.642. The van der Waals surface area contributed by atoms with Gasteiger partial charge in [-0.15, -0.1) is 0 Å². The van der Waals surface area contributed by atoms with E-state index < -0.39 is 11.6 Å². The van der Waals surface area contributed by atoms with Crippen molar-refractivity contribution in [2.75, 3.05) is 7.11 Å². The highest BCUT2D eigenvalue weighted by molar-refractivity contribution is 6.30. The minimum absolute atomic E-state index is 0.260. The second kappa shape index (κ2) is 5.38. The van der Waals surface area contributed by atoms with Gasteiger partial charge in [-0.05, 0) is 24.6 Å². The number of methoxy groups -OCH3 is 1. The molecule has 0 fully saturated rings. The molecule has 0 aromatic heterocycles. The van der Waals surface area contributed by atoms with Crippen LogP contribution >= 0.6 is 11.6 Å². The molecular weight excluding hydrogens is 244 g/mol. The highest BCUT2D eigenvalue weighted by Gasteiger charge is 2.33. The van der Waals surface area contributed by atoms with E-state index in [-0.39, 0.29) is 12.8 Å². The Balaban J connectivity index is 3.26. The monoisotopic (exact) mass is 258 g/mol. The lowest BCUT2D eigenvalue weighted by Gasteiger charge is -2.27. The molecule has 1 aromatic rings. The van der Waals surface area contributed by atoms with Crippen LogP contribution in [-0.4, -0.2) is 23.3 Å². The minimum atomic E-state index is -1.47. The fourth-order valence-corrected chi connectivity index (χ4v) is 1.88. The van der Waals surface area contributed by atoms with Crippen molar-refractivity contribution in [3.8, 4) is 5.75 Å². The summed E-state index contributed by atoms with van der Waals surface area (Å²) in [6.07, 6.45) is -0.129. The van der Waals surface area contributed by atoms with Gasteiger partial charge in [0.25, 0.3) is 0 Å². The summed E-state index contributed by atoms with van der Waals surface area (Å²) in [5.41, 5.74) is -1.07. The van der Waals surface area contributed by atoms with Gasteiger partial charge in [-0.25, -0.2) is 0 Å². The molecule has 0 aliphatic rings. The minimum Gasteiger partial charge on any atom is -0.496 e. The molecule has 0 aliphatic carbocycles. The topological polar surface area (TPSA) is 66.8 Å². The van der Waals surface area contributed by atoms with Crippen molar-refractivity contribution < 1.29 is 19.7 Å². The first-order chi connectivity index (χ1) is 7.92. The Bertz CT molecular complexity index is 419. The number of rotatable bonds is 5. The highest BCUT2D eigenvalue weighted by atomic mass is 35.5. The number of benzene rings is 1. The molecule has 1 atom stereocenters. The summed E-state index contributed by atoms with van der Waals surface area (Å²) in [4.78, 5) is 10.8. The molecule has 0 aliphatic heterocycles. The first-order valence-electron chi connectivity index (χ1n) is 5.21. The van der Waals surface area contributed by atoms with Gasteiger partial charge in [0.05, 0.1) is 13.5 Å². The normalized spacial score (nSPS) is 14.1. The SMILES string of the molecule is CCC(O)(CC(=O)O)c1cc(Cl)ccc1OC. The van der Waals surface area contributed by atoms with Crippen LogP contribution in [-0.2, 0) is 10.4 Å². The van der Waals surface area contributed by atoms with Crippen molar-refractivity contribution in [3.05, 3.63) is 28.8 Å². The van der Waals surface area contributed by atoms with E-state index in [4.69, 9.17) is 21.4 Å². The summed E-state index contributed by atoms with van der Waals surface area (Å²) in [5, 5.41) is 19.6. The maximum Gasteiger partial charge on any atom is 0.306 e. The lowest BCUT2D eigenvalue weighted by Crippen LogP contribution is -2.28. The highest BCUT2D eigenvalue weighted by Crippen LogP contribution is 2.36. The molecule has 1 rings (SSSR count). The molecule has 17 heavy (non-hydrogen) atoms. The third-order valence-electron chi connectivity index (χ3n) is 2.69. The van der Waals surface area contributed by atoms with Gasteiger partial charge >= 0.3 is 5.97 Å². The van der Waals surface area contributed by atoms with E-state index in [0.717, 1.165) is 0 Å². The van der Waals surface area contributed by atoms with Crippen LogP contribution in [0.5, 0.6) is 5.75 Å². The Morgan fingerprint density at radius 1 is 1.53 bits per heavy atom. The smallest absolute Gasteiger partial charge is 0.306 e. The first-order valence-corrected chi connectivity index (χ1v) is 5.59. The van der Waals surface area contributed by atoms with Crippen LogP contribution in [0, 0.1) is 0 Å². The zero-order valence-electron chi connectivity index (χ0n) is 9.74. The molecule has 1 unspecified atom stereocenters. The van der Waals surface area contributed by atoms with Gasteiger partial charge in [0, 0.05) is 10.6 Å². The zero-order chi connectivity index (χ0) is 13.1. The van der Waals surface area contributed by atoms with E-state index in [1.54, 1.807) is 19.1 Å². The van der Waals surface area contributed by atoms with Gasteiger partial charge in [-0.1, -0.05) is 18.5 Å². The molecule has 0 radical (unpaired) electrons. The van der Waals surface area contributed by atoms with Gasteiger partial charge < -0.3 is 14.9 Å². The van der Waals surface area contributed by atoms with Crippen molar-refractivity contribution in [2.24, 2.45) is 0 Å². The van der Waals surface area contributed by atoms with E-state index in [2.05, 4.69) is 0 Å². The maximum atomic E-state index is 10.8. The first kappa shape index (κ1) is 13.8. The predicted molar refractivity (Wildman–Crippen MR) is 64.4 cm³/mol. The number of hydrogen-bond donors (Lipinski definition) is 2. The van der Waals surface area contributed by atoms with Crippen molar-refractivity contribution in [2.45, 2.75) is 25.4 Å². The third-order valence-corrected chi connectivity index (χ3v) is 2.93. The summed E-state index contributed by atoms with van der Waals surface area (Å²) in [7, 11) is 1.46. The van der Waals surface area contributed by atoms with Gasteiger partial charge in [0.15, 0.2) is 0 Å².